The Morgan fingerprint density at radius 1 is 0.550 bits per heavy atom. The summed E-state index contributed by atoms with van der Waals surface area (Å²) in [5.74, 6) is 2.39. The van der Waals surface area contributed by atoms with Crippen LogP contribution in [0.1, 0.15) is 22.3 Å². The van der Waals surface area contributed by atoms with Crippen molar-refractivity contribution in [3.8, 4) is 23.0 Å². The topological polar surface area (TPSA) is 77.4 Å². The monoisotopic (exact) mass is 538 g/mol. The molecule has 40 heavy (non-hydrogen) atoms. The summed E-state index contributed by atoms with van der Waals surface area (Å²) in [6, 6.07) is 30.9. The van der Waals surface area contributed by atoms with E-state index in [0.29, 0.717) is 47.4 Å². The number of ether oxygens (including phenoxy) is 4. The molecule has 4 aromatic carbocycles. The molecule has 0 heterocycles. The van der Waals surface area contributed by atoms with Crippen molar-refractivity contribution >= 4 is 12.2 Å². The SMILES string of the molecule is COc1cc(/C=C(CO)\C(=C/c2ccc(OCc3ccccc3)c(OC)c2)CO)ccc1OCc1ccccc1. The first-order valence-electron chi connectivity index (χ1n) is 13.0. The molecular formula is C34H34O6. The molecule has 4 rings (SSSR count). The lowest BCUT2D eigenvalue weighted by Crippen LogP contribution is -2.01. The van der Waals surface area contributed by atoms with Crippen LogP contribution in [0.2, 0.25) is 0 Å². The molecule has 2 N–H and O–H groups in total. The Bertz CT molecular complexity index is 1320. The van der Waals surface area contributed by atoms with Crippen molar-refractivity contribution in [1.29, 1.82) is 0 Å². The Morgan fingerprint density at radius 2 is 0.950 bits per heavy atom. The average Bonchev–Trinajstić information content (AvgIpc) is 3.02. The smallest absolute Gasteiger partial charge is 0.161 e. The van der Waals surface area contributed by atoms with Crippen LogP contribution in [0.25, 0.3) is 12.2 Å². The number of benzene rings is 4. The first kappa shape index (κ1) is 28.5. The molecule has 206 valence electrons. The summed E-state index contributed by atoms with van der Waals surface area (Å²) in [6.45, 7) is 0.336. The maximum absolute atomic E-state index is 10.2. The van der Waals surface area contributed by atoms with Gasteiger partial charge in [-0.3, -0.25) is 0 Å². The van der Waals surface area contributed by atoms with Crippen LogP contribution in [0.15, 0.2) is 108 Å². The predicted octanol–water partition coefficient (Wildman–Crippen LogP) is 6.31. The number of hydrogen-bond acceptors (Lipinski definition) is 6. The molecular weight excluding hydrogens is 504 g/mol. The van der Waals surface area contributed by atoms with Gasteiger partial charge in [-0.25, -0.2) is 0 Å². The normalized spacial score (nSPS) is 11.7. The van der Waals surface area contributed by atoms with E-state index < -0.39 is 0 Å². The highest BCUT2D eigenvalue weighted by Gasteiger charge is 2.10. The van der Waals surface area contributed by atoms with Gasteiger partial charge in [0.2, 0.25) is 0 Å². The quantitative estimate of drug-likeness (QED) is 0.194. The third-order valence-corrected chi connectivity index (χ3v) is 6.28. The highest BCUT2D eigenvalue weighted by Crippen LogP contribution is 2.32. The van der Waals surface area contributed by atoms with Gasteiger partial charge in [-0.05, 0) is 69.8 Å². The fourth-order valence-electron chi connectivity index (χ4n) is 4.14. The third kappa shape index (κ3) is 7.76. The van der Waals surface area contributed by atoms with E-state index in [1.54, 1.807) is 14.2 Å². The molecule has 0 radical (unpaired) electrons. The lowest BCUT2D eigenvalue weighted by atomic mass is 10.0. The molecule has 0 aliphatic heterocycles. The molecule has 0 unspecified atom stereocenters. The van der Waals surface area contributed by atoms with Gasteiger partial charge in [-0.1, -0.05) is 72.8 Å². The average molecular weight is 539 g/mol. The Morgan fingerprint density at radius 3 is 1.30 bits per heavy atom. The van der Waals surface area contributed by atoms with Gasteiger partial charge in [0.25, 0.3) is 0 Å². The fraction of sp³-hybridized carbons (Fsp3) is 0.176. The summed E-state index contributed by atoms with van der Waals surface area (Å²) in [5, 5.41) is 20.3. The van der Waals surface area contributed by atoms with E-state index in [1.165, 1.54) is 0 Å². The first-order chi connectivity index (χ1) is 19.6. The molecule has 0 bridgehead atoms. The molecule has 6 nitrogen and oxygen atoms in total. The predicted molar refractivity (Wildman–Crippen MR) is 158 cm³/mol. The van der Waals surface area contributed by atoms with Crippen molar-refractivity contribution in [2.45, 2.75) is 13.2 Å². The van der Waals surface area contributed by atoms with E-state index in [1.807, 2.05) is 109 Å². The minimum atomic E-state index is -0.254. The van der Waals surface area contributed by atoms with Gasteiger partial charge in [0.1, 0.15) is 13.2 Å². The molecule has 0 aliphatic carbocycles. The van der Waals surface area contributed by atoms with Crippen LogP contribution in [0.3, 0.4) is 0 Å². The van der Waals surface area contributed by atoms with Crippen LogP contribution in [-0.4, -0.2) is 37.6 Å². The molecule has 0 spiro atoms. The van der Waals surface area contributed by atoms with Crippen molar-refractivity contribution in [2.75, 3.05) is 27.4 Å². The second kappa shape index (κ2) is 14.6. The molecule has 0 aromatic heterocycles. The van der Waals surface area contributed by atoms with Gasteiger partial charge in [-0.15, -0.1) is 0 Å². The van der Waals surface area contributed by atoms with Gasteiger partial charge < -0.3 is 29.2 Å². The van der Waals surface area contributed by atoms with Crippen LogP contribution in [-0.2, 0) is 13.2 Å². The molecule has 0 atom stereocenters. The second-order valence-corrected chi connectivity index (χ2v) is 9.02. The summed E-state index contributed by atoms with van der Waals surface area (Å²) in [7, 11) is 3.18. The van der Waals surface area contributed by atoms with Crippen LogP contribution in [0, 0.1) is 0 Å². The molecule has 6 heteroatoms. The van der Waals surface area contributed by atoms with Crippen LogP contribution < -0.4 is 18.9 Å². The molecule has 0 saturated heterocycles. The number of hydrogen-bond donors (Lipinski definition) is 2. The van der Waals surface area contributed by atoms with E-state index in [9.17, 15) is 10.2 Å². The second-order valence-electron chi connectivity index (χ2n) is 9.02. The van der Waals surface area contributed by atoms with Crippen LogP contribution in [0.4, 0.5) is 0 Å². The van der Waals surface area contributed by atoms with Gasteiger partial charge in [0.15, 0.2) is 23.0 Å². The lowest BCUT2D eigenvalue weighted by Gasteiger charge is -2.13. The molecule has 0 fully saturated rings. The number of rotatable bonds is 13. The molecule has 4 aromatic rings. The van der Waals surface area contributed by atoms with Crippen molar-refractivity contribution < 1.29 is 29.2 Å². The van der Waals surface area contributed by atoms with Crippen molar-refractivity contribution in [1.82, 2.24) is 0 Å². The Kier molecular flexibility index (Phi) is 10.4. The lowest BCUT2D eigenvalue weighted by molar-refractivity contribution is 0.284. The van der Waals surface area contributed by atoms with Gasteiger partial charge in [-0.2, -0.15) is 0 Å². The summed E-state index contributed by atoms with van der Waals surface area (Å²) >= 11 is 0. The van der Waals surface area contributed by atoms with Gasteiger partial charge in [0.05, 0.1) is 27.4 Å². The van der Waals surface area contributed by atoms with Crippen LogP contribution >= 0.6 is 0 Å². The summed E-state index contributed by atoms with van der Waals surface area (Å²) in [4.78, 5) is 0. The van der Waals surface area contributed by atoms with Gasteiger partial charge in [0, 0.05) is 0 Å². The van der Waals surface area contributed by atoms with E-state index >= 15 is 0 Å². The van der Waals surface area contributed by atoms with Crippen molar-refractivity contribution in [3.05, 3.63) is 130 Å². The zero-order valence-corrected chi connectivity index (χ0v) is 22.7. The highest BCUT2D eigenvalue weighted by atomic mass is 16.5. The zero-order chi connectivity index (χ0) is 28.2. The zero-order valence-electron chi connectivity index (χ0n) is 22.7. The van der Waals surface area contributed by atoms with E-state index in [0.717, 1.165) is 22.3 Å². The largest absolute Gasteiger partial charge is 0.493 e. The Labute approximate surface area is 235 Å². The van der Waals surface area contributed by atoms with Crippen molar-refractivity contribution in [3.63, 3.8) is 0 Å². The Hall–Kier alpha value is -4.52. The minimum Gasteiger partial charge on any atom is -0.493 e. The fourth-order valence-corrected chi connectivity index (χ4v) is 4.14. The molecule has 0 aliphatic rings. The maximum atomic E-state index is 10.2. The summed E-state index contributed by atoms with van der Waals surface area (Å²) in [5.41, 5.74) is 4.86. The first-order valence-corrected chi connectivity index (χ1v) is 13.0. The molecule has 0 saturated carbocycles. The molecule has 0 amide bonds. The van der Waals surface area contributed by atoms with E-state index in [-0.39, 0.29) is 13.2 Å². The number of aliphatic hydroxyl groups is 2. The number of methoxy groups -OCH3 is 2. The maximum Gasteiger partial charge on any atom is 0.161 e. The Balaban J connectivity index is 1.52. The van der Waals surface area contributed by atoms with Gasteiger partial charge >= 0.3 is 0 Å². The number of aliphatic hydroxyl groups excluding tert-OH is 2. The standard InChI is InChI=1S/C34H34O6/c1-37-33-19-27(13-15-31(33)39-23-25-9-5-3-6-10-25)17-29(21-35)30(22-36)18-28-14-16-32(34(20-28)38-2)40-24-26-11-7-4-8-12-26/h3-20,35-36H,21-24H2,1-2H3/b29-17-,30-18-. The third-order valence-electron chi connectivity index (χ3n) is 6.28. The van der Waals surface area contributed by atoms with Crippen molar-refractivity contribution in [2.24, 2.45) is 0 Å². The van der Waals surface area contributed by atoms with E-state index in [4.69, 9.17) is 18.9 Å². The van der Waals surface area contributed by atoms with E-state index in [2.05, 4.69) is 0 Å². The summed E-state index contributed by atoms with van der Waals surface area (Å²) in [6.07, 6.45) is 3.64. The summed E-state index contributed by atoms with van der Waals surface area (Å²) < 4.78 is 23.0. The minimum absolute atomic E-state index is 0.254. The highest BCUT2D eigenvalue weighted by molar-refractivity contribution is 5.68. The van der Waals surface area contributed by atoms with Crippen LogP contribution in [0.5, 0.6) is 23.0 Å².